The Balaban J connectivity index is 2.46. The largest absolute Gasteiger partial charge is 0.478 e. The highest BCUT2D eigenvalue weighted by atomic mass is 16.4. The van der Waals surface area contributed by atoms with Gasteiger partial charge in [-0.2, -0.15) is 0 Å². The van der Waals surface area contributed by atoms with Gasteiger partial charge in [0.2, 0.25) is 0 Å². The monoisotopic (exact) mass is 242 g/mol. The van der Waals surface area contributed by atoms with E-state index in [1.807, 2.05) is 49.4 Å². The van der Waals surface area contributed by atoms with Crippen molar-refractivity contribution in [1.82, 2.24) is 0 Å². The molecule has 0 aliphatic heterocycles. The molecule has 0 amide bonds. The van der Waals surface area contributed by atoms with Crippen molar-refractivity contribution in [1.29, 1.82) is 0 Å². The molecule has 0 saturated carbocycles. The number of hydrogen-bond acceptors (Lipinski definition) is 1. The van der Waals surface area contributed by atoms with Crippen LogP contribution < -0.4 is 0 Å². The number of rotatable bonds is 3. The van der Waals surface area contributed by atoms with Gasteiger partial charge >= 0.3 is 5.97 Å². The fourth-order valence-corrected chi connectivity index (χ4v) is 2.68. The molecule has 1 atom stereocenters. The summed E-state index contributed by atoms with van der Waals surface area (Å²) < 4.78 is 0. The summed E-state index contributed by atoms with van der Waals surface area (Å²) in [6.07, 6.45) is 6.71. The highest BCUT2D eigenvalue weighted by molar-refractivity contribution is 5.90. The van der Waals surface area contributed by atoms with Crippen molar-refractivity contribution in [2.75, 3.05) is 0 Å². The predicted molar refractivity (Wildman–Crippen MR) is 72.5 cm³/mol. The average Bonchev–Trinajstić information content (AvgIpc) is 2.39. The zero-order valence-corrected chi connectivity index (χ0v) is 10.6. The summed E-state index contributed by atoms with van der Waals surface area (Å²) in [5.74, 6) is -0.750. The molecule has 2 rings (SSSR count). The lowest BCUT2D eigenvalue weighted by atomic mass is 9.78. The van der Waals surface area contributed by atoms with E-state index in [4.69, 9.17) is 0 Å². The van der Waals surface area contributed by atoms with E-state index in [0.717, 1.165) is 30.4 Å². The molecule has 0 bridgehead atoms. The Morgan fingerprint density at radius 1 is 1.33 bits per heavy atom. The molecule has 0 heterocycles. The molecule has 1 N–H and O–H groups in total. The first kappa shape index (κ1) is 12.6. The van der Waals surface area contributed by atoms with Gasteiger partial charge in [0.1, 0.15) is 0 Å². The molecule has 0 spiro atoms. The van der Waals surface area contributed by atoms with Crippen LogP contribution in [-0.4, -0.2) is 11.1 Å². The number of allylic oxidation sites excluding steroid dienone is 3. The summed E-state index contributed by atoms with van der Waals surface area (Å²) >= 11 is 0. The van der Waals surface area contributed by atoms with Gasteiger partial charge in [-0.1, -0.05) is 42.5 Å². The first-order chi connectivity index (χ1) is 8.74. The molecular weight excluding hydrogens is 224 g/mol. The van der Waals surface area contributed by atoms with E-state index < -0.39 is 5.97 Å². The number of hydrogen-bond donors (Lipinski definition) is 1. The highest BCUT2D eigenvalue weighted by Crippen LogP contribution is 2.38. The van der Waals surface area contributed by atoms with E-state index in [-0.39, 0.29) is 5.92 Å². The molecule has 1 aliphatic rings. The van der Waals surface area contributed by atoms with Crippen molar-refractivity contribution < 1.29 is 9.90 Å². The fourth-order valence-electron chi connectivity index (χ4n) is 2.68. The maximum Gasteiger partial charge on any atom is 0.332 e. The van der Waals surface area contributed by atoms with Crippen LogP contribution >= 0.6 is 0 Å². The zero-order chi connectivity index (χ0) is 13.0. The Hall–Kier alpha value is -1.83. The third kappa shape index (κ3) is 2.53. The average molecular weight is 242 g/mol. The Labute approximate surface area is 108 Å². The van der Waals surface area contributed by atoms with Gasteiger partial charge in [0.15, 0.2) is 0 Å². The quantitative estimate of drug-likeness (QED) is 0.872. The molecule has 1 aromatic rings. The van der Waals surface area contributed by atoms with Gasteiger partial charge in [0.05, 0.1) is 0 Å². The summed E-state index contributed by atoms with van der Waals surface area (Å²) in [5.41, 5.74) is 2.66. The molecule has 0 saturated heterocycles. The van der Waals surface area contributed by atoms with Gasteiger partial charge in [-0.05, 0) is 37.3 Å². The summed E-state index contributed by atoms with van der Waals surface area (Å²) in [6.45, 7) is 1.93. The minimum atomic E-state index is -0.781. The van der Waals surface area contributed by atoms with Crippen LogP contribution in [0.2, 0.25) is 0 Å². The number of carbonyl (C=O) groups is 1. The molecule has 2 nitrogen and oxygen atoms in total. The maximum atomic E-state index is 11.5. The van der Waals surface area contributed by atoms with Crippen molar-refractivity contribution in [3.05, 3.63) is 59.2 Å². The number of carboxylic acid groups (broad SMARTS) is 1. The van der Waals surface area contributed by atoms with Crippen molar-refractivity contribution >= 4 is 5.97 Å². The van der Waals surface area contributed by atoms with Crippen molar-refractivity contribution in [3.63, 3.8) is 0 Å². The number of carboxylic acids is 1. The van der Waals surface area contributed by atoms with Crippen molar-refractivity contribution in [2.45, 2.75) is 32.1 Å². The fraction of sp³-hybridized carbons (Fsp3) is 0.312. The van der Waals surface area contributed by atoms with Crippen LogP contribution in [0.4, 0.5) is 0 Å². The lowest BCUT2D eigenvalue weighted by molar-refractivity contribution is -0.133. The minimum absolute atomic E-state index is 0.0312. The Morgan fingerprint density at radius 2 is 2.06 bits per heavy atom. The second kappa shape index (κ2) is 5.67. The van der Waals surface area contributed by atoms with Crippen LogP contribution in [0.3, 0.4) is 0 Å². The van der Waals surface area contributed by atoms with Crippen LogP contribution in [0.1, 0.15) is 37.7 Å². The second-order valence-electron chi connectivity index (χ2n) is 4.60. The second-order valence-corrected chi connectivity index (χ2v) is 4.60. The summed E-state index contributed by atoms with van der Waals surface area (Å²) in [6, 6.07) is 9.94. The minimum Gasteiger partial charge on any atom is -0.478 e. The topological polar surface area (TPSA) is 37.3 Å². The van der Waals surface area contributed by atoms with E-state index >= 15 is 0 Å². The van der Waals surface area contributed by atoms with E-state index in [2.05, 4.69) is 0 Å². The van der Waals surface area contributed by atoms with Crippen LogP contribution in [-0.2, 0) is 4.79 Å². The van der Waals surface area contributed by atoms with Crippen LogP contribution in [0.5, 0.6) is 0 Å². The Morgan fingerprint density at radius 3 is 2.67 bits per heavy atom. The lowest BCUT2D eigenvalue weighted by Gasteiger charge is -2.25. The van der Waals surface area contributed by atoms with E-state index in [1.54, 1.807) is 0 Å². The van der Waals surface area contributed by atoms with Crippen LogP contribution in [0.15, 0.2) is 53.6 Å². The van der Waals surface area contributed by atoms with Crippen LogP contribution in [0, 0.1) is 0 Å². The first-order valence-corrected chi connectivity index (χ1v) is 6.38. The highest BCUT2D eigenvalue weighted by Gasteiger charge is 2.28. The summed E-state index contributed by atoms with van der Waals surface area (Å²) in [7, 11) is 0. The number of benzene rings is 1. The number of aliphatic carboxylic acids is 1. The van der Waals surface area contributed by atoms with Crippen molar-refractivity contribution in [2.24, 2.45) is 0 Å². The zero-order valence-electron chi connectivity index (χ0n) is 10.6. The van der Waals surface area contributed by atoms with Gasteiger partial charge in [-0.15, -0.1) is 0 Å². The third-order valence-corrected chi connectivity index (χ3v) is 3.43. The molecule has 1 aromatic carbocycles. The maximum absolute atomic E-state index is 11.5. The molecule has 18 heavy (non-hydrogen) atoms. The predicted octanol–water partition coefficient (Wildman–Crippen LogP) is 3.91. The standard InChI is InChI=1S/C16H18O2/c1-2-7-13-10-6-11-14(15(13)16(17)18)12-8-4-3-5-9-12/h2-5,7-9,14H,6,10-11H2,1H3,(H,17,18)/b7-2+/t14-/m1/s1. The van der Waals surface area contributed by atoms with Crippen molar-refractivity contribution in [3.8, 4) is 0 Å². The Bertz CT molecular complexity index is 483. The van der Waals surface area contributed by atoms with Gasteiger partial charge in [0, 0.05) is 11.5 Å². The van der Waals surface area contributed by atoms with E-state index in [1.165, 1.54) is 0 Å². The normalized spacial score (nSPS) is 20.4. The van der Waals surface area contributed by atoms with Gasteiger partial charge < -0.3 is 5.11 Å². The van der Waals surface area contributed by atoms with Gasteiger partial charge in [-0.25, -0.2) is 4.79 Å². The summed E-state index contributed by atoms with van der Waals surface area (Å²) in [5, 5.41) is 9.48. The SMILES string of the molecule is C/C=C/C1=C(C(=O)O)[C@@H](c2ccccc2)CCC1. The molecular formula is C16H18O2. The molecule has 1 aliphatic carbocycles. The molecule has 0 unspecified atom stereocenters. The molecule has 0 aromatic heterocycles. The molecule has 2 heteroatoms. The third-order valence-electron chi connectivity index (χ3n) is 3.43. The van der Waals surface area contributed by atoms with Gasteiger partial charge in [-0.3, -0.25) is 0 Å². The molecule has 94 valence electrons. The van der Waals surface area contributed by atoms with E-state index in [9.17, 15) is 9.90 Å². The first-order valence-electron chi connectivity index (χ1n) is 6.38. The Kier molecular flexibility index (Phi) is 3.98. The summed E-state index contributed by atoms with van der Waals surface area (Å²) in [4.78, 5) is 11.5. The molecule has 0 fully saturated rings. The lowest BCUT2D eigenvalue weighted by Crippen LogP contribution is -2.17. The van der Waals surface area contributed by atoms with E-state index in [0.29, 0.717) is 5.57 Å². The van der Waals surface area contributed by atoms with Crippen LogP contribution in [0.25, 0.3) is 0 Å². The molecule has 0 radical (unpaired) electrons. The van der Waals surface area contributed by atoms with Gasteiger partial charge in [0.25, 0.3) is 0 Å². The smallest absolute Gasteiger partial charge is 0.332 e.